The van der Waals surface area contributed by atoms with Gasteiger partial charge in [0, 0.05) is 19.3 Å². The first-order valence-corrected chi connectivity index (χ1v) is 7.46. The highest BCUT2D eigenvalue weighted by Crippen LogP contribution is 2.18. The van der Waals surface area contributed by atoms with Crippen molar-refractivity contribution in [2.75, 3.05) is 0 Å². The number of hydrogen-bond donors (Lipinski definition) is 1. The minimum Gasteiger partial charge on any atom is -0.274 e. The number of benzene rings is 1. The molecule has 0 unspecified atom stereocenters. The maximum Gasteiger partial charge on any atom is 0.244 e. The van der Waals surface area contributed by atoms with Crippen molar-refractivity contribution in [2.45, 2.75) is 24.8 Å². The Morgan fingerprint density at radius 2 is 1.89 bits per heavy atom. The highest BCUT2D eigenvalue weighted by atomic mass is 32.2. The Bertz CT molecular complexity index is 662. The minimum atomic E-state index is -3.55. The topological polar surface area (TPSA) is 64.0 Å². The molecule has 0 aliphatic carbocycles. The van der Waals surface area contributed by atoms with Gasteiger partial charge in [0.2, 0.25) is 10.0 Å². The monoisotopic (exact) mass is 279 g/mol. The fourth-order valence-corrected chi connectivity index (χ4v) is 3.40. The van der Waals surface area contributed by atoms with E-state index in [0.29, 0.717) is 5.69 Å². The number of aryl methyl sites for hydroxylation is 2. The Morgan fingerprint density at radius 1 is 1.26 bits per heavy atom. The molecule has 102 valence electrons. The summed E-state index contributed by atoms with van der Waals surface area (Å²) in [5, 5.41) is 4.05. The van der Waals surface area contributed by atoms with Crippen LogP contribution in [0.15, 0.2) is 41.4 Å². The van der Waals surface area contributed by atoms with E-state index in [1.165, 1.54) is 10.9 Å². The van der Waals surface area contributed by atoms with Crippen LogP contribution >= 0.6 is 0 Å². The van der Waals surface area contributed by atoms with Crippen LogP contribution in [0.1, 0.15) is 24.2 Å². The zero-order valence-corrected chi connectivity index (χ0v) is 12.0. The summed E-state index contributed by atoms with van der Waals surface area (Å²) in [6.45, 7) is 3.50. The molecule has 1 heterocycles. The number of hydrogen-bond acceptors (Lipinski definition) is 3. The van der Waals surface area contributed by atoms with Crippen molar-refractivity contribution < 1.29 is 8.42 Å². The molecule has 6 heteroatoms. The third kappa shape index (κ3) is 3.02. The summed E-state index contributed by atoms with van der Waals surface area (Å²) in [6, 6.07) is 9.17. The maximum absolute atomic E-state index is 12.3. The lowest BCUT2D eigenvalue weighted by molar-refractivity contribution is 0.566. The van der Waals surface area contributed by atoms with E-state index in [4.69, 9.17) is 0 Å². The summed E-state index contributed by atoms with van der Waals surface area (Å²) in [6.07, 6.45) is 1.51. The average Bonchev–Trinajstić information content (AvgIpc) is 2.70. The second-order valence-electron chi connectivity index (χ2n) is 4.51. The molecule has 2 aromatic rings. The molecule has 0 aliphatic heterocycles. The van der Waals surface area contributed by atoms with E-state index >= 15 is 0 Å². The molecule has 0 saturated heterocycles. The number of aromatic nitrogens is 2. The van der Waals surface area contributed by atoms with E-state index in [-0.39, 0.29) is 10.9 Å². The zero-order valence-electron chi connectivity index (χ0n) is 11.2. The Balaban J connectivity index is 2.25. The summed E-state index contributed by atoms with van der Waals surface area (Å²) in [4.78, 5) is 0.220. The van der Waals surface area contributed by atoms with Gasteiger partial charge < -0.3 is 0 Å². The molecular formula is C13H17N3O2S. The molecule has 1 atom stereocenters. The molecule has 0 spiro atoms. The van der Waals surface area contributed by atoms with Crippen molar-refractivity contribution in [3.05, 3.63) is 47.8 Å². The number of nitrogens with one attached hydrogen (secondary N) is 1. The van der Waals surface area contributed by atoms with Crippen molar-refractivity contribution in [1.82, 2.24) is 14.5 Å². The van der Waals surface area contributed by atoms with E-state index in [1.807, 2.05) is 37.3 Å². The molecule has 0 amide bonds. The standard InChI is InChI=1S/C13H17N3O2S/c1-10(12-7-5-4-6-8-12)15-19(17,18)13-9-16(3)14-11(13)2/h4-10,15H,1-3H3/t10-/m1/s1. The second-order valence-corrected chi connectivity index (χ2v) is 6.19. The lowest BCUT2D eigenvalue weighted by Crippen LogP contribution is -2.27. The van der Waals surface area contributed by atoms with Gasteiger partial charge in [-0.25, -0.2) is 13.1 Å². The number of rotatable bonds is 4. The van der Waals surface area contributed by atoms with Gasteiger partial charge in [0.05, 0.1) is 5.69 Å². The largest absolute Gasteiger partial charge is 0.274 e. The summed E-state index contributed by atoms with van der Waals surface area (Å²) in [5.41, 5.74) is 1.42. The Morgan fingerprint density at radius 3 is 2.42 bits per heavy atom. The highest BCUT2D eigenvalue weighted by molar-refractivity contribution is 7.89. The van der Waals surface area contributed by atoms with Gasteiger partial charge in [-0.2, -0.15) is 5.10 Å². The van der Waals surface area contributed by atoms with Crippen molar-refractivity contribution >= 4 is 10.0 Å². The summed E-state index contributed by atoms with van der Waals surface area (Å²) in [5.74, 6) is 0. The SMILES string of the molecule is Cc1nn(C)cc1S(=O)(=O)N[C@H](C)c1ccccc1. The van der Waals surface area contributed by atoms with Gasteiger partial charge in [-0.05, 0) is 19.4 Å². The Hall–Kier alpha value is -1.66. The van der Waals surface area contributed by atoms with E-state index in [9.17, 15) is 8.42 Å². The van der Waals surface area contributed by atoms with E-state index < -0.39 is 10.0 Å². The first kappa shape index (κ1) is 13.8. The average molecular weight is 279 g/mol. The zero-order chi connectivity index (χ0) is 14.0. The fourth-order valence-electron chi connectivity index (χ4n) is 1.95. The van der Waals surface area contributed by atoms with Gasteiger partial charge in [-0.1, -0.05) is 30.3 Å². The van der Waals surface area contributed by atoms with Gasteiger partial charge in [0.1, 0.15) is 4.90 Å². The van der Waals surface area contributed by atoms with Crippen LogP contribution in [0.5, 0.6) is 0 Å². The first-order valence-electron chi connectivity index (χ1n) is 5.97. The van der Waals surface area contributed by atoms with Crippen LogP contribution in [0, 0.1) is 6.92 Å². The Labute approximate surface area is 113 Å². The summed E-state index contributed by atoms with van der Waals surface area (Å²) >= 11 is 0. The molecule has 0 bridgehead atoms. The molecule has 5 nitrogen and oxygen atoms in total. The minimum absolute atomic E-state index is 0.220. The first-order chi connectivity index (χ1) is 8.90. The van der Waals surface area contributed by atoms with Gasteiger partial charge in [0.25, 0.3) is 0 Å². The van der Waals surface area contributed by atoms with E-state index in [1.54, 1.807) is 14.0 Å². The maximum atomic E-state index is 12.3. The van der Waals surface area contributed by atoms with E-state index in [2.05, 4.69) is 9.82 Å². The van der Waals surface area contributed by atoms with Crippen LogP contribution in [-0.4, -0.2) is 18.2 Å². The molecule has 1 N–H and O–H groups in total. The van der Waals surface area contributed by atoms with Crippen LogP contribution in [0.25, 0.3) is 0 Å². The van der Waals surface area contributed by atoms with Crippen molar-refractivity contribution in [2.24, 2.45) is 7.05 Å². The van der Waals surface area contributed by atoms with Crippen molar-refractivity contribution in [3.8, 4) is 0 Å². The fraction of sp³-hybridized carbons (Fsp3) is 0.308. The molecule has 19 heavy (non-hydrogen) atoms. The van der Waals surface area contributed by atoms with Crippen LogP contribution in [0.4, 0.5) is 0 Å². The smallest absolute Gasteiger partial charge is 0.244 e. The number of sulfonamides is 1. The molecule has 0 saturated carbocycles. The normalized spacial score (nSPS) is 13.4. The van der Waals surface area contributed by atoms with Crippen LogP contribution in [0.2, 0.25) is 0 Å². The van der Waals surface area contributed by atoms with Crippen LogP contribution < -0.4 is 4.72 Å². The molecule has 0 fully saturated rings. The molecular weight excluding hydrogens is 262 g/mol. The predicted molar refractivity (Wildman–Crippen MR) is 73.1 cm³/mol. The van der Waals surface area contributed by atoms with Crippen molar-refractivity contribution in [1.29, 1.82) is 0 Å². The summed E-state index contributed by atoms with van der Waals surface area (Å²) < 4.78 is 28.7. The quantitative estimate of drug-likeness (QED) is 0.927. The van der Waals surface area contributed by atoms with Gasteiger partial charge >= 0.3 is 0 Å². The lowest BCUT2D eigenvalue weighted by Gasteiger charge is -2.14. The van der Waals surface area contributed by atoms with Gasteiger partial charge in [0.15, 0.2) is 0 Å². The van der Waals surface area contributed by atoms with Crippen LogP contribution in [-0.2, 0) is 17.1 Å². The second kappa shape index (κ2) is 5.14. The highest BCUT2D eigenvalue weighted by Gasteiger charge is 2.22. The molecule has 2 rings (SSSR count). The van der Waals surface area contributed by atoms with Crippen LogP contribution in [0.3, 0.4) is 0 Å². The van der Waals surface area contributed by atoms with Crippen molar-refractivity contribution in [3.63, 3.8) is 0 Å². The molecule has 0 radical (unpaired) electrons. The number of nitrogens with zero attached hydrogens (tertiary/aromatic N) is 2. The molecule has 1 aromatic heterocycles. The third-order valence-corrected chi connectivity index (χ3v) is 4.53. The Kier molecular flexibility index (Phi) is 3.73. The van der Waals surface area contributed by atoms with E-state index in [0.717, 1.165) is 5.56 Å². The molecule has 1 aromatic carbocycles. The third-order valence-electron chi connectivity index (χ3n) is 2.89. The lowest BCUT2D eigenvalue weighted by atomic mass is 10.1. The van der Waals surface area contributed by atoms with Gasteiger partial charge in [-0.3, -0.25) is 4.68 Å². The van der Waals surface area contributed by atoms with Gasteiger partial charge in [-0.15, -0.1) is 0 Å². The summed E-state index contributed by atoms with van der Waals surface area (Å²) in [7, 11) is -1.85. The predicted octanol–water partition coefficient (Wildman–Crippen LogP) is 1.77. The molecule has 0 aliphatic rings.